The Bertz CT molecular complexity index is 353. The normalized spacial score (nSPS) is 10.2. The first kappa shape index (κ1) is 9.00. The van der Waals surface area contributed by atoms with Gasteiger partial charge in [-0.2, -0.15) is 0 Å². The molecule has 0 amide bonds. The maximum atomic E-state index is 10.5. The van der Waals surface area contributed by atoms with Crippen molar-refractivity contribution in [3.05, 3.63) is 36.4 Å². The molecule has 64 valence electrons. The number of hydrogen-bond acceptors (Lipinski definition) is 2. The molecule has 0 unspecified atom stereocenters. The summed E-state index contributed by atoms with van der Waals surface area (Å²) in [4.78, 5) is 0.343. The second kappa shape index (κ2) is 3.54. The average molecular weight is 182 g/mol. The lowest BCUT2D eigenvalue weighted by atomic mass is 10.1. The Kier molecular flexibility index (Phi) is 2.65. The van der Waals surface area contributed by atoms with Gasteiger partial charge in [0.15, 0.2) is 10.7 Å². The molecule has 0 spiro atoms. The van der Waals surface area contributed by atoms with Crippen molar-refractivity contribution in [1.29, 1.82) is 0 Å². The Balaban J connectivity index is 3.09. The third kappa shape index (κ3) is 1.95. The van der Waals surface area contributed by atoms with Crippen molar-refractivity contribution in [2.45, 2.75) is 11.8 Å². The summed E-state index contributed by atoms with van der Waals surface area (Å²) in [5.41, 5.74) is 1.90. The monoisotopic (exact) mass is 182 g/mol. The van der Waals surface area contributed by atoms with Crippen molar-refractivity contribution in [2.75, 3.05) is 0 Å². The fraction of sp³-hybridized carbons (Fsp3) is 0.111. The molecule has 0 aromatic heterocycles. The summed E-state index contributed by atoms with van der Waals surface area (Å²) >= 11 is 0. The van der Waals surface area contributed by atoms with Crippen LogP contribution in [0.2, 0.25) is 0 Å². The lowest BCUT2D eigenvalue weighted by Crippen LogP contribution is -1.81. The molecule has 1 aromatic carbocycles. The van der Waals surface area contributed by atoms with Crippen LogP contribution in [0.3, 0.4) is 0 Å². The predicted molar refractivity (Wildman–Crippen MR) is 49.7 cm³/mol. The minimum atomic E-state index is -2.46. The largest absolute Gasteiger partial charge is 0.227 e. The number of hydrogen-bond donors (Lipinski definition) is 1. The number of benzene rings is 1. The first-order chi connectivity index (χ1) is 5.61. The molecule has 12 heavy (non-hydrogen) atoms. The van der Waals surface area contributed by atoms with E-state index in [2.05, 4.69) is 6.58 Å². The molecular formula is C9H10O2S. The highest BCUT2D eigenvalue weighted by Gasteiger charge is 1.95. The molecule has 3 heteroatoms. The number of thiol groups is 1. The van der Waals surface area contributed by atoms with Crippen LogP contribution in [-0.2, 0) is 10.7 Å². The van der Waals surface area contributed by atoms with Crippen molar-refractivity contribution in [3.8, 4) is 0 Å². The zero-order valence-electron chi connectivity index (χ0n) is 6.78. The van der Waals surface area contributed by atoms with Gasteiger partial charge in [0.05, 0.1) is 4.90 Å². The second-order valence-corrected chi connectivity index (χ2v) is 3.61. The summed E-state index contributed by atoms with van der Waals surface area (Å²) in [6.45, 7) is 5.63. The fourth-order valence-electron chi connectivity index (χ4n) is 0.868. The fourth-order valence-corrected chi connectivity index (χ4v) is 1.26. The van der Waals surface area contributed by atoms with Gasteiger partial charge in [0.25, 0.3) is 0 Å². The number of allylic oxidation sites excluding steroid dienone is 1. The maximum absolute atomic E-state index is 10.5. The first-order valence-corrected chi connectivity index (χ1v) is 4.69. The highest BCUT2D eigenvalue weighted by atomic mass is 32.2. The quantitative estimate of drug-likeness (QED) is 0.706. The van der Waals surface area contributed by atoms with Gasteiger partial charge in [-0.3, -0.25) is 0 Å². The molecule has 0 radical (unpaired) electrons. The molecule has 0 aliphatic carbocycles. The van der Waals surface area contributed by atoms with E-state index in [0.717, 1.165) is 11.1 Å². The van der Waals surface area contributed by atoms with E-state index in [9.17, 15) is 8.42 Å². The van der Waals surface area contributed by atoms with E-state index in [1.165, 1.54) is 0 Å². The summed E-state index contributed by atoms with van der Waals surface area (Å²) in [6.07, 6.45) is 0. The van der Waals surface area contributed by atoms with Crippen LogP contribution in [-0.4, -0.2) is 8.42 Å². The van der Waals surface area contributed by atoms with Gasteiger partial charge in [0, 0.05) is 0 Å². The smallest absolute Gasteiger partial charge is 0.168 e. The van der Waals surface area contributed by atoms with Gasteiger partial charge in [-0.15, -0.1) is 0 Å². The summed E-state index contributed by atoms with van der Waals surface area (Å²) in [5, 5.41) is 0. The maximum Gasteiger partial charge on any atom is 0.168 e. The zero-order chi connectivity index (χ0) is 9.14. The van der Waals surface area contributed by atoms with Crippen LogP contribution in [0.15, 0.2) is 35.7 Å². The molecule has 0 aliphatic rings. The Morgan fingerprint density at radius 2 is 1.75 bits per heavy atom. The zero-order valence-corrected chi connectivity index (χ0v) is 7.67. The Morgan fingerprint density at radius 1 is 1.25 bits per heavy atom. The van der Waals surface area contributed by atoms with Gasteiger partial charge in [0.1, 0.15) is 0 Å². The van der Waals surface area contributed by atoms with E-state index < -0.39 is 10.7 Å². The topological polar surface area (TPSA) is 34.1 Å². The molecule has 0 atom stereocenters. The number of rotatable bonds is 2. The lowest BCUT2D eigenvalue weighted by molar-refractivity contribution is 0.614. The van der Waals surface area contributed by atoms with Crippen molar-refractivity contribution in [2.24, 2.45) is 0 Å². The minimum absolute atomic E-state index is 0.343. The molecule has 0 heterocycles. The van der Waals surface area contributed by atoms with Crippen LogP contribution in [0.5, 0.6) is 0 Å². The van der Waals surface area contributed by atoms with Gasteiger partial charge in [-0.1, -0.05) is 24.3 Å². The lowest BCUT2D eigenvalue weighted by Gasteiger charge is -1.97. The molecule has 0 N–H and O–H groups in total. The van der Waals surface area contributed by atoms with Crippen LogP contribution < -0.4 is 0 Å². The van der Waals surface area contributed by atoms with Crippen LogP contribution in [0.25, 0.3) is 5.57 Å². The molecule has 0 saturated heterocycles. The second-order valence-electron chi connectivity index (χ2n) is 2.58. The Labute approximate surface area is 73.5 Å². The van der Waals surface area contributed by atoms with Gasteiger partial charge in [0.2, 0.25) is 0 Å². The van der Waals surface area contributed by atoms with Gasteiger partial charge < -0.3 is 0 Å². The van der Waals surface area contributed by atoms with Gasteiger partial charge in [-0.25, -0.2) is 8.42 Å². The predicted octanol–water partition coefficient (Wildman–Crippen LogP) is 1.69. The van der Waals surface area contributed by atoms with Crippen molar-refractivity contribution in [3.63, 3.8) is 0 Å². The van der Waals surface area contributed by atoms with E-state index in [-0.39, 0.29) is 0 Å². The van der Waals surface area contributed by atoms with Crippen molar-refractivity contribution in [1.82, 2.24) is 0 Å². The van der Waals surface area contributed by atoms with E-state index >= 15 is 0 Å². The highest BCUT2D eigenvalue weighted by molar-refractivity contribution is 7.72. The van der Waals surface area contributed by atoms with Gasteiger partial charge in [-0.05, 0) is 24.6 Å². The average Bonchev–Trinajstić information content (AvgIpc) is 2.04. The van der Waals surface area contributed by atoms with Crippen LogP contribution >= 0.6 is 0 Å². The Morgan fingerprint density at radius 3 is 2.08 bits per heavy atom. The molecule has 0 fully saturated rings. The van der Waals surface area contributed by atoms with E-state index in [4.69, 9.17) is 0 Å². The van der Waals surface area contributed by atoms with E-state index in [1.807, 2.05) is 6.92 Å². The molecule has 1 aromatic rings. The van der Waals surface area contributed by atoms with Crippen molar-refractivity contribution < 1.29 is 8.42 Å². The van der Waals surface area contributed by atoms with E-state index in [0.29, 0.717) is 4.90 Å². The summed E-state index contributed by atoms with van der Waals surface area (Å²) in [6, 6.07) is 6.66. The van der Waals surface area contributed by atoms with Gasteiger partial charge >= 0.3 is 0 Å². The standard InChI is InChI=1S/C9H10O2S/c1-7(2)8-3-5-9(6-4-8)12(10)11/h3-6,12H,1H2,2H3. The molecule has 0 aliphatic heterocycles. The molecular weight excluding hydrogens is 172 g/mol. The third-order valence-corrected chi connectivity index (χ3v) is 2.29. The van der Waals surface area contributed by atoms with E-state index in [1.54, 1.807) is 24.3 Å². The minimum Gasteiger partial charge on any atom is -0.227 e. The summed E-state index contributed by atoms with van der Waals surface area (Å²) in [5.74, 6) is 0. The summed E-state index contributed by atoms with van der Waals surface area (Å²) in [7, 11) is -2.46. The summed E-state index contributed by atoms with van der Waals surface area (Å²) < 4.78 is 21.0. The third-order valence-electron chi connectivity index (χ3n) is 1.57. The van der Waals surface area contributed by atoms with Crippen molar-refractivity contribution >= 4 is 16.3 Å². The first-order valence-electron chi connectivity index (χ1n) is 3.51. The SMILES string of the molecule is C=C(C)c1ccc([SH](=O)=O)cc1. The van der Waals surface area contributed by atoms with Crippen LogP contribution in [0.1, 0.15) is 12.5 Å². The molecule has 2 nitrogen and oxygen atoms in total. The van der Waals surface area contributed by atoms with Crippen LogP contribution in [0, 0.1) is 0 Å². The molecule has 1 rings (SSSR count). The highest BCUT2D eigenvalue weighted by Crippen LogP contribution is 2.12. The molecule has 0 bridgehead atoms. The van der Waals surface area contributed by atoms with Crippen LogP contribution in [0.4, 0.5) is 0 Å². The molecule has 0 saturated carbocycles. The Hall–Kier alpha value is -1.09.